The largest absolute Gasteiger partial charge is 0.494 e. The molecule has 3 aromatic rings. The van der Waals surface area contributed by atoms with Crippen LogP contribution < -0.4 is 15.4 Å². The first-order valence-corrected chi connectivity index (χ1v) is 8.50. The molecule has 3 aromatic carbocycles. The first kappa shape index (κ1) is 16.8. The monoisotopic (exact) mass is 334 g/mol. The van der Waals surface area contributed by atoms with Gasteiger partial charge in [0.2, 0.25) is 5.91 Å². The van der Waals surface area contributed by atoms with E-state index in [1.54, 1.807) is 0 Å². The standard InChI is InChI=1S/C21H22N2O2/c1-2-13-25-20-11-9-18(10-12-20)22-15-21(24)23-19-8-7-16-5-3-4-6-17(16)14-19/h3-12,14,22H,2,13,15H2,1H3,(H,23,24). The van der Waals surface area contributed by atoms with E-state index in [9.17, 15) is 4.79 Å². The zero-order chi connectivity index (χ0) is 17.5. The lowest BCUT2D eigenvalue weighted by Gasteiger charge is -2.10. The molecule has 0 atom stereocenters. The Kier molecular flexibility index (Phi) is 5.52. The molecule has 0 aliphatic carbocycles. The molecular formula is C21H22N2O2. The minimum Gasteiger partial charge on any atom is -0.494 e. The quantitative estimate of drug-likeness (QED) is 0.659. The van der Waals surface area contributed by atoms with Crippen molar-refractivity contribution in [2.75, 3.05) is 23.8 Å². The zero-order valence-corrected chi connectivity index (χ0v) is 14.3. The number of anilines is 2. The summed E-state index contributed by atoms with van der Waals surface area (Å²) in [6.45, 7) is 2.99. The summed E-state index contributed by atoms with van der Waals surface area (Å²) in [6.07, 6.45) is 0.981. The van der Waals surface area contributed by atoms with Crippen LogP contribution in [0, 0.1) is 0 Å². The van der Waals surface area contributed by atoms with Crippen molar-refractivity contribution in [1.29, 1.82) is 0 Å². The van der Waals surface area contributed by atoms with Crippen molar-refractivity contribution >= 4 is 28.1 Å². The summed E-state index contributed by atoms with van der Waals surface area (Å²) in [5.41, 5.74) is 1.69. The van der Waals surface area contributed by atoms with Gasteiger partial charge in [-0.15, -0.1) is 0 Å². The molecule has 2 N–H and O–H groups in total. The summed E-state index contributed by atoms with van der Waals surface area (Å²) in [5, 5.41) is 8.30. The molecule has 0 aromatic heterocycles. The van der Waals surface area contributed by atoms with E-state index < -0.39 is 0 Å². The topological polar surface area (TPSA) is 50.4 Å². The number of benzene rings is 3. The summed E-state index contributed by atoms with van der Waals surface area (Å²) in [7, 11) is 0. The summed E-state index contributed by atoms with van der Waals surface area (Å²) in [4.78, 5) is 12.1. The van der Waals surface area contributed by atoms with Gasteiger partial charge in [0.15, 0.2) is 0 Å². The second-order valence-electron chi connectivity index (χ2n) is 5.84. The third kappa shape index (κ3) is 4.73. The molecule has 3 rings (SSSR count). The summed E-state index contributed by atoms with van der Waals surface area (Å²) in [5.74, 6) is 0.759. The Morgan fingerprint density at radius 1 is 0.920 bits per heavy atom. The van der Waals surface area contributed by atoms with Crippen LogP contribution in [0.4, 0.5) is 11.4 Å². The zero-order valence-electron chi connectivity index (χ0n) is 14.3. The van der Waals surface area contributed by atoms with Gasteiger partial charge in [0.05, 0.1) is 13.2 Å². The molecule has 25 heavy (non-hydrogen) atoms. The maximum Gasteiger partial charge on any atom is 0.243 e. The average molecular weight is 334 g/mol. The van der Waals surface area contributed by atoms with Crippen LogP contribution in [0.1, 0.15) is 13.3 Å². The van der Waals surface area contributed by atoms with E-state index in [0.29, 0.717) is 6.61 Å². The third-order valence-corrected chi connectivity index (χ3v) is 3.81. The van der Waals surface area contributed by atoms with E-state index in [4.69, 9.17) is 4.74 Å². The van der Waals surface area contributed by atoms with Crippen LogP contribution in [0.5, 0.6) is 5.75 Å². The molecule has 0 saturated heterocycles. The highest BCUT2D eigenvalue weighted by atomic mass is 16.5. The molecule has 0 unspecified atom stereocenters. The fraction of sp³-hybridized carbons (Fsp3) is 0.190. The van der Waals surface area contributed by atoms with Crippen molar-refractivity contribution in [3.05, 3.63) is 66.7 Å². The lowest BCUT2D eigenvalue weighted by atomic mass is 10.1. The molecule has 0 aliphatic heterocycles. The van der Waals surface area contributed by atoms with Crippen molar-refractivity contribution in [1.82, 2.24) is 0 Å². The van der Waals surface area contributed by atoms with Crippen molar-refractivity contribution in [3.8, 4) is 5.75 Å². The molecular weight excluding hydrogens is 312 g/mol. The van der Waals surface area contributed by atoms with Crippen LogP contribution >= 0.6 is 0 Å². The lowest BCUT2D eigenvalue weighted by molar-refractivity contribution is -0.114. The highest BCUT2D eigenvalue weighted by Crippen LogP contribution is 2.19. The van der Waals surface area contributed by atoms with Gasteiger partial charge in [-0.25, -0.2) is 0 Å². The molecule has 1 amide bonds. The number of rotatable bonds is 7. The molecule has 0 aliphatic rings. The number of hydrogen-bond donors (Lipinski definition) is 2. The fourth-order valence-electron chi connectivity index (χ4n) is 2.54. The van der Waals surface area contributed by atoms with Crippen molar-refractivity contribution in [3.63, 3.8) is 0 Å². The molecule has 0 fully saturated rings. The highest BCUT2D eigenvalue weighted by Gasteiger charge is 2.03. The number of hydrogen-bond acceptors (Lipinski definition) is 3. The molecule has 0 radical (unpaired) electrons. The van der Waals surface area contributed by atoms with E-state index in [0.717, 1.165) is 34.3 Å². The van der Waals surface area contributed by atoms with E-state index in [1.807, 2.05) is 60.7 Å². The fourth-order valence-corrected chi connectivity index (χ4v) is 2.54. The molecule has 0 saturated carbocycles. The van der Waals surface area contributed by atoms with Crippen LogP contribution in [-0.2, 0) is 4.79 Å². The second kappa shape index (κ2) is 8.20. The predicted octanol–water partition coefficient (Wildman–Crippen LogP) is 4.68. The third-order valence-electron chi connectivity index (χ3n) is 3.81. The Labute approximate surface area is 147 Å². The Morgan fingerprint density at radius 2 is 1.64 bits per heavy atom. The van der Waals surface area contributed by atoms with Crippen molar-refractivity contribution in [2.24, 2.45) is 0 Å². The maximum atomic E-state index is 12.1. The smallest absolute Gasteiger partial charge is 0.243 e. The van der Waals surface area contributed by atoms with Crippen LogP contribution in [0.25, 0.3) is 10.8 Å². The van der Waals surface area contributed by atoms with Gasteiger partial charge in [0, 0.05) is 11.4 Å². The Balaban J connectivity index is 1.53. The SMILES string of the molecule is CCCOc1ccc(NCC(=O)Nc2ccc3ccccc3c2)cc1. The van der Waals surface area contributed by atoms with Gasteiger partial charge in [0.1, 0.15) is 5.75 Å². The Bertz CT molecular complexity index is 844. The van der Waals surface area contributed by atoms with E-state index >= 15 is 0 Å². The highest BCUT2D eigenvalue weighted by molar-refractivity contribution is 5.96. The number of amides is 1. The number of carbonyl (C=O) groups excluding carboxylic acids is 1. The van der Waals surface area contributed by atoms with Gasteiger partial charge in [-0.3, -0.25) is 4.79 Å². The maximum absolute atomic E-state index is 12.1. The first-order valence-electron chi connectivity index (χ1n) is 8.50. The Hall–Kier alpha value is -3.01. The molecule has 0 spiro atoms. The van der Waals surface area contributed by atoms with Gasteiger partial charge in [-0.1, -0.05) is 37.3 Å². The molecule has 0 bridgehead atoms. The van der Waals surface area contributed by atoms with Gasteiger partial charge in [-0.2, -0.15) is 0 Å². The minimum absolute atomic E-state index is 0.0819. The van der Waals surface area contributed by atoms with Crippen LogP contribution in [-0.4, -0.2) is 19.1 Å². The first-order chi connectivity index (χ1) is 12.2. The normalized spacial score (nSPS) is 10.4. The summed E-state index contributed by atoms with van der Waals surface area (Å²) < 4.78 is 5.54. The van der Waals surface area contributed by atoms with Gasteiger partial charge < -0.3 is 15.4 Å². The predicted molar refractivity (Wildman–Crippen MR) is 103 cm³/mol. The second-order valence-corrected chi connectivity index (χ2v) is 5.84. The van der Waals surface area contributed by atoms with Crippen molar-refractivity contribution < 1.29 is 9.53 Å². The van der Waals surface area contributed by atoms with Gasteiger partial charge in [-0.05, 0) is 53.6 Å². The number of ether oxygens (including phenoxy) is 1. The number of fused-ring (bicyclic) bond motifs is 1. The number of carbonyl (C=O) groups is 1. The average Bonchev–Trinajstić information content (AvgIpc) is 2.65. The Morgan fingerprint density at radius 3 is 2.40 bits per heavy atom. The summed E-state index contributed by atoms with van der Waals surface area (Å²) >= 11 is 0. The van der Waals surface area contributed by atoms with Gasteiger partial charge in [0.25, 0.3) is 0 Å². The van der Waals surface area contributed by atoms with Crippen LogP contribution in [0.3, 0.4) is 0 Å². The summed E-state index contributed by atoms with van der Waals surface area (Å²) in [6, 6.07) is 21.6. The van der Waals surface area contributed by atoms with Crippen molar-refractivity contribution in [2.45, 2.75) is 13.3 Å². The molecule has 128 valence electrons. The molecule has 4 heteroatoms. The van der Waals surface area contributed by atoms with E-state index in [2.05, 4.69) is 23.6 Å². The molecule has 4 nitrogen and oxygen atoms in total. The molecule has 0 heterocycles. The van der Waals surface area contributed by atoms with Crippen LogP contribution in [0.15, 0.2) is 66.7 Å². The van der Waals surface area contributed by atoms with E-state index in [-0.39, 0.29) is 12.5 Å². The van der Waals surface area contributed by atoms with Crippen LogP contribution in [0.2, 0.25) is 0 Å². The number of nitrogens with one attached hydrogen (secondary N) is 2. The van der Waals surface area contributed by atoms with Gasteiger partial charge >= 0.3 is 0 Å². The lowest BCUT2D eigenvalue weighted by Crippen LogP contribution is -2.21. The minimum atomic E-state index is -0.0819. The van der Waals surface area contributed by atoms with E-state index in [1.165, 1.54) is 0 Å².